The van der Waals surface area contributed by atoms with Crippen LogP contribution in [0.1, 0.15) is 49.1 Å². The van der Waals surface area contributed by atoms with Gasteiger partial charge < -0.3 is 9.64 Å². The van der Waals surface area contributed by atoms with Gasteiger partial charge in [0.15, 0.2) is 0 Å². The van der Waals surface area contributed by atoms with Crippen LogP contribution in [-0.4, -0.2) is 51.0 Å². The van der Waals surface area contributed by atoms with Gasteiger partial charge in [0.05, 0.1) is 42.5 Å². The van der Waals surface area contributed by atoms with Crippen LogP contribution in [0.2, 0.25) is 0 Å². The fraction of sp³-hybridized carbons (Fsp3) is 0.500. The second-order valence-electron chi connectivity index (χ2n) is 8.81. The lowest BCUT2D eigenvalue weighted by Gasteiger charge is -2.33. The maximum atomic E-state index is 11.9. The maximum absolute atomic E-state index is 11.9. The number of hydrogen-bond donors (Lipinski definition) is 1. The Bertz CT molecular complexity index is 1050. The van der Waals surface area contributed by atoms with Gasteiger partial charge in [0.1, 0.15) is 6.07 Å². The molecular weight excluding hydrogens is 424 g/mol. The summed E-state index contributed by atoms with van der Waals surface area (Å²) in [6, 6.07) is 14.2. The SMILES string of the molecule is CS(=O)(=O)N[C@H]1CCN(c2cncc(C#N)c2)[C@H]1CO[C@H]1CC[C@@H](c2ccccc2)CC1. The third-order valence-electron chi connectivity index (χ3n) is 6.54. The second kappa shape index (κ2) is 9.99. The summed E-state index contributed by atoms with van der Waals surface area (Å²) in [5.41, 5.74) is 2.71. The van der Waals surface area contributed by atoms with Gasteiger partial charge in [-0.25, -0.2) is 13.1 Å². The molecule has 170 valence electrons. The van der Waals surface area contributed by atoms with Crippen molar-refractivity contribution in [1.82, 2.24) is 9.71 Å². The minimum Gasteiger partial charge on any atom is -0.376 e. The molecule has 7 nitrogen and oxygen atoms in total. The summed E-state index contributed by atoms with van der Waals surface area (Å²) in [5.74, 6) is 0.582. The number of sulfonamides is 1. The Kier molecular flexibility index (Phi) is 7.09. The molecule has 4 rings (SSSR count). The van der Waals surface area contributed by atoms with Crippen LogP contribution in [0, 0.1) is 11.3 Å². The number of nitriles is 1. The molecular formula is C24H30N4O3S. The number of aromatic nitrogens is 1. The summed E-state index contributed by atoms with van der Waals surface area (Å²) in [5, 5.41) is 9.23. The van der Waals surface area contributed by atoms with Gasteiger partial charge in [0, 0.05) is 18.8 Å². The first-order valence-corrected chi connectivity index (χ1v) is 13.1. The van der Waals surface area contributed by atoms with E-state index in [9.17, 15) is 13.7 Å². The van der Waals surface area contributed by atoms with Crippen molar-refractivity contribution in [3.05, 3.63) is 59.9 Å². The van der Waals surface area contributed by atoms with E-state index in [2.05, 4.69) is 44.9 Å². The lowest BCUT2D eigenvalue weighted by atomic mass is 9.83. The highest BCUT2D eigenvalue weighted by molar-refractivity contribution is 7.88. The third kappa shape index (κ3) is 5.66. The molecule has 1 aromatic heterocycles. The number of hydrogen-bond acceptors (Lipinski definition) is 6. The normalized spacial score (nSPS) is 26.1. The molecule has 0 amide bonds. The molecule has 0 radical (unpaired) electrons. The van der Waals surface area contributed by atoms with E-state index in [1.165, 1.54) is 18.0 Å². The highest BCUT2D eigenvalue weighted by Crippen LogP contribution is 2.34. The molecule has 1 saturated heterocycles. The fourth-order valence-electron chi connectivity index (χ4n) is 4.96. The molecule has 0 unspecified atom stereocenters. The van der Waals surface area contributed by atoms with E-state index in [1.54, 1.807) is 12.3 Å². The van der Waals surface area contributed by atoms with Gasteiger partial charge in [0.25, 0.3) is 0 Å². The van der Waals surface area contributed by atoms with Gasteiger partial charge in [0.2, 0.25) is 10.0 Å². The second-order valence-corrected chi connectivity index (χ2v) is 10.6. The first-order chi connectivity index (χ1) is 15.4. The Labute approximate surface area is 190 Å². The van der Waals surface area contributed by atoms with Crippen molar-refractivity contribution in [1.29, 1.82) is 5.26 Å². The topological polar surface area (TPSA) is 95.3 Å². The van der Waals surface area contributed by atoms with Crippen LogP contribution in [0.4, 0.5) is 5.69 Å². The Morgan fingerprint density at radius 2 is 1.91 bits per heavy atom. The number of benzene rings is 1. The number of ether oxygens (including phenoxy) is 1. The van der Waals surface area contributed by atoms with Crippen molar-refractivity contribution in [2.45, 2.75) is 56.2 Å². The summed E-state index contributed by atoms with van der Waals surface area (Å²) < 4.78 is 33.0. The zero-order valence-corrected chi connectivity index (χ0v) is 19.2. The van der Waals surface area contributed by atoms with E-state index in [0.29, 0.717) is 31.1 Å². The average molecular weight is 455 g/mol. The molecule has 1 aliphatic heterocycles. The van der Waals surface area contributed by atoms with Crippen LogP contribution in [0.15, 0.2) is 48.8 Å². The molecule has 2 aromatic rings. The van der Waals surface area contributed by atoms with Crippen molar-refractivity contribution >= 4 is 15.7 Å². The quantitative estimate of drug-likeness (QED) is 0.690. The molecule has 2 fully saturated rings. The minimum atomic E-state index is -3.34. The molecule has 0 spiro atoms. The lowest BCUT2D eigenvalue weighted by Crippen LogP contribution is -2.48. The van der Waals surface area contributed by atoms with E-state index < -0.39 is 10.0 Å². The molecule has 2 heterocycles. The average Bonchev–Trinajstić information content (AvgIpc) is 3.19. The predicted octanol–water partition coefficient (Wildman–Crippen LogP) is 3.19. The summed E-state index contributed by atoms with van der Waals surface area (Å²) in [6.45, 7) is 1.11. The van der Waals surface area contributed by atoms with Crippen LogP contribution >= 0.6 is 0 Å². The Morgan fingerprint density at radius 1 is 1.16 bits per heavy atom. The van der Waals surface area contributed by atoms with E-state index in [1.807, 2.05) is 6.07 Å². The molecule has 0 bridgehead atoms. The van der Waals surface area contributed by atoms with Crippen LogP contribution in [0.25, 0.3) is 0 Å². The summed E-state index contributed by atoms with van der Waals surface area (Å²) in [6.07, 6.45) is 9.51. The van der Waals surface area contributed by atoms with Crippen molar-refractivity contribution < 1.29 is 13.2 Å². The van der Waals surface area contributed by atoms with E-state index in [4.69, 9.17) is 4.74 Å². The van der Waals surface area contributed by atoms with Crippen molar-refractivity contribution in [3.8, 4) is 6.07 Å². The Balaban J connectivity index is 1.41. The molecule has 32 heavy (non-hydrogen) atoms. The number of nitrogens with zero attached hydrogens (tertiary/aromatic N) is 3. The standard InChI is InChI=1S/C24H30N4O3S/c1-32(29,30)27-23-11-12-28(21-13-18(14-25)15-26-16-21)24(23)17-31-22-9-7-20(8-10-22)19-5-3-2-4-6-19/h2-6,13,15-16,20,22-24,27H,7-12,17H2,1H3/t20-,22+,23-,24-/m0/s1. The largest absolute Gasteiger partial charge is 0.376 e. The first kappa shape index (κ1) is 22.7. The van der Waals surface area contributed by atoms with Crippen LogP contribution in [0.3, 0.4) is 0 Å². The number of anilines is 1. The zero-order chi connectivity index (χ0) is 22.6. The first-order valence-electron chi connectivity index (χ1n) is 11.2. The molecule has 1 saturated carbocycles. The van der Waals surface area contributed by atoms with Gasteiger partial charge in [-0.2, -0.15) is 5.26 Å². The molecule has 1 aromatic carbocycles. The lowest BCUT2D eigenvalue weighted by molar-refractivity contribution is 0.0157. The van der Waals surface area contributed by atoms with E-state index >= 15 is 0 Å². The summed E-state index contributed by atoms with van der Waals surface area (Å²) in [7, 11) is -3.34. The van der Waals surface area contributed by atoms with E-state index in [-0.39, 0.29) is 18.2 Å². The third-order valence-corrected chi connectivity index (χ3v) is 7.27. The van der Waals surface area contributed by atoms with Crippen molar-refractivity contribution in [3.63, 3.8) is 0 Å². The summed E-state index contributed by atoms with van der Waals surface area (Å²) >= 11 is 0. The van der Waals surface area contributed by atoms with Crippen molar-refractivity contribution in [2.75, 3.05) is 24.3 Å². The number of nitrogens with one attached hydrogen (secondary N) is 1. The highest BCUT2D eigenvalue weighted by Gasteiger charge is 2.37. The van der Waals surface area contributed by atoms with Crippen LogP contribution < -0.4 is 9.62 Å². The predicted molar refractivity (Wildman–Crippen MR) is 124 cm³/mol. The van der Waals surface area contributed by atoms with E-state index in [0.717, 1.165) is 31.4 Å². The number of pyridine rings is 1. The Hall–Kier alpha value is -2.47. The van der Waals surface area contributed by atoms with Gasteiger partial charge >= 0.3 is 0 Å². The van der Waals surface area contributed by atoms with Gasteiger partial charge in [-0.05, 0) is 49.7 Å². The molecule has 2 aliphatic rings. The zero-order valence-electron chi connectivity index (χ0n) is 18.4. The van der Waals surface area contributed by atoms with Gasteiger partial charge in [-0.3, -0.25) is 4.98 Å². The molecule has 8 heteroatoms. The smallest absolute Gasteiger partial charge is 0.209 e. The summed E-state index contributed by atoms with van der Waals surface area (Å²) in [4.78, 5) is 6.29. The van der Waals surface area contributed by atoms with Gasteiger partial charge in [-0.1, -0.05) is 30.3 Å². The highest BCUT2D eigenvalue weighted by atomic mass is 32.2. The molecule has 1 aliphatic carbocycles. The minimum absolute atomic E-state index is 0.146. The van der Waals surface area contributed by atoms with Gasteiger partial charge in [-0.15, -0.1) is 0 Å². The molecule has 2 atom stereocenters. The van der Waals surface area contributed by atoms with Crippen LogP contribution in [0.5, 0.6) is 0 Å². The maximum Gasteiger partial charge on any atom is 0.209 e. The fourth-order valence-corrected chi connectivity index (χ4v) is 5.79. The Morgan fingerprint density at radius 3 is 2.59 bits per heavy atom. The number of rotatable bonds is 7. The van der Waals surface area contributed by atoms with Crippen molar-refractivity contribution in [2.24, 2.45) is 0 Å². The monoisotopic (exact) mass is 454 g/mol. The van der Waals surface area contributed by atoms with Crippen LogP contribution in [-0.2, 0) is 14.8 Å². The molecule has 1 N–H and O–H groups in total.